The molecule has 0 amide bonds. The molecule has 1 aromatic carbocycles. The van der Waals surface area contributed by atoms with Gasteiger partial charge in [-0.2, -0.15) is 0 Å². The first kappa shape index (κ1) is 14.6. The molecule has 0 aromatic heterocycles. The van der Waals surface area contributed by atoms with Gasteiger partial charge in [0, 0.05) is 11.7 Å². The molecule has 0 spiro atoms. The Morgan fingerprint density at radius 1 is 1.45 bits per heavy atom. The molecule has 20 heavy (non-hydrogen) atoms. The van der Waals surface area contributed by atoms with E-state index < -0.39 is 0 Å². The number of hydrogen-bond acceptors (Lipinski definition) is 5. The second-order valence-corrected chi connectivity index (χ2v) is 4.81. The van der Waals surface area contributed by atoms with Gasteiger partial charge in [-0.05, 0) is 44.1 Å². The van der Waals surface area contributed by atoms with Crippen molar-refractivity contribution in [1.29, 1.82) is 0 Å². The van der Waals surface area contributed by atoms with Gasteiger partial charge in [0.2, 0.25) is 0 Å². The number of nitrogens with one attached hydrogen (secondary N) is 1. The third-order valence-electron chi connectivity index (χ3n) is 3.46. The van der Waals surface area contributed by atoms with Crippen LogP contribution in [0.25, 0.3) is 0 Å². The van der Waals surface area contributed by atoms with E-state index in [1.807, 2.05) is 16.9 Å². The number of esters is 1. The summed E-state index contributed by atoms with van der Waals surface area (Å²) in [5.74, 6) is -0.330. The normalized spacial score (nSPS) is 16.4. The maximum absolute atomic E-state index is 11.5. The summed E-state index contributed by atoms with van der Waals surface area (Å²) in [4.78, 5) is 23.9. The number of rotatable bonds is 5. The number of methoxy groups -OCH3 is 1. The van der Waals surface area contributed by atoms with Crippen LogP contribution in [-0.2, 0) is 9.53 Å². The van der Waals surface area contributed by atoms with Crippen molar-refractivity contribution in [3.05, 3.63) is 29.8 Å². The average Bonchev–Trinajstić information content (AvgIpc) is 2.49. The van der Waals surface area contributed by atoms with E-state index >= 15 is 0 Å². The highest BCUT2D eigenvalue weighted by molar-refractivity contribution is 6.64. The van der Waals surface area contributed by atoms with Crippen LogP contribution in [-0.4, -0.2) is 50.6 Å². The maximum Gasteiger partial charge on any atom is 0.337 e. The third-order valence-corrected chi connectivity index (χ3v) is 3.46. The lowest BCUT2D eigenvalue weighted by atomic mass is 9.90. The molecule has 1 aromatic rings. The van der Waals surface area contributed by atoms with E-state index in [1.54, 1.807) is 19.5 Å². The number of piperidine rings is 1. The van der Waals surface area contributed by atoms with Crippen molar-refractivity contribution in [2.45, 2.75) is 18.9 Å². The molecule has 5 nitrogen and oxygen atoms in total. The Morgan fingerprint density at radius 3 is 2.85 bits per heavy atom. The molecule has 1 aliphatic heterocycles. The summed E-state index contributed by atoms with van der Waals surface area (Å²) in [6, 6.07) is 7.67. The van der Waals surface area contributed by atoms with Crippen LogP contribution in [0.4, 0.5) is 5.69 Å². The molecule has 105 valence electrons. The SMILES string of the molecule is COC(=O)c1cccc(NC2CCN([B]C=O)CC2)c1. The molecular weight excluding hydrogens is 255 g/mol. The molecule has 0 saturated carbocycles. The first-order valence-electron chi connectivity index (χ1n) is 6.70. The largest absolute Gasteiger partial charge is 0.465 e. The molecular formula is C14H18BN2O3. The predicted octanol–water partition coefficient (Wildman–Crippen LogP) is 1.16. The number of ether oxygens (including phenoxy) is 1. The van der Waals surface area contributed by atoms with Gasteiger partial charge in [-0.3, -0.25) is 0 Å². The van der Waals surface area contributed by atoms with Crippen molar-refractivity contribution in [2.75, 3.05) is 25.5 Å². The second kappa shape index (κ2) is 7.10. The summed E-state index contributed by atoms with van der Waals surface area (Å²) < 4.78 is 4.71. The molecule has 1 heterocycles. The lowest BCUT2D eigenvalue weighted by Crippen LogP contribution is -2.41. The summed E-state index contributed by atoms with van der Waals surface area (Å²) in [6.07, 6.45) is 2.76. The minimum Gasteiger partial charge on any atom is -0.465 e. The Balaban J connectivity index is 1.91. The van der Waals surface area contributed by atoms with Crippen LogP contribution >= 0.6 is 0 Å². The molecule has 2 rings (SSSR count). The summed E-state index contributed by atoms with van der Waals surface area (Å²) in [5.41, 5.74) is 1.47. The topological polar surface area (TPSA) is 58.6 Å². The zero-order valence-electron chi connectivity index (χ0n) is 11.5. The monoisotopic (exact) mass is 273 g/mol. The standard InChI is InChI=1S/C14H18BN2O3/c1-20-14(19)11-3-2-4-13(9-11)16-12-5-7-17(8-6-12)15-10-18/h2-4,9-10,12,16H,5-8H2,1H3. The van der Waals surface area contributed by atoms with E-state index in [0.29, 0.717) is 11.6 Å². The molecule has 1 radical (unpaired) electrons. The van der Waals surface area contributed by atoms with E-state index in [4.69, 9.17) is 4.74 Å². The molecule has 1 fully saturated rings. The lowest BCUT2D eigenvalue weighted by molar-refractivity contribution is 0.0601. The first-order valence-corrected chi connectivity index (χ1v) is 6.70. The van der Waals surface area contributed by atoms with Crippen LogP contribution in [0.2, 0.25) is 0 Å². The Morgan fingerprint density at radius 2 is 2.20 bits per heavy atom. The van der Waals surface area contributed by atoms with Gasteiger partial charge >= 0.3 is 5.97 Å². The smallest absolute Gasteiger partial charge is 0.337 e. The predicted molar refractivity (Wildman–Crippen MR) is 78.5 cm³/mol. The van der Waals surface area contributed by atoms with Crippen LogP contribution in [0, 0.1) is 0 Å². The molecule has 0 aliphatic carbocycles. The zero-order valence-corrected chi connectivity index (χ0v) is 11.5. The van der Waals surface area contributed by atoms with Gasteiger partial charge in [-0.15, -0.1) is 0 Å². The highest BCUT2D eigenvalue weighted by Gasteiger charge is 2.19. The second-order valence-electron chi connectivity index (χ2n) is 4.81. The van der Waals surface area contributed by atoms with Crippen molar-refractivity contribution < 1.29 is 14.3 Å². The number of carbonyl (C=O) groups is 2. The Kier molecular flexibility index (Phi) is 5.18. The van der Waals surface area contributed by atoms with Crippen molar-refractivity contribution >= 4 is 25.3 Å². The number of anilines is 1. The van der Waals surface area contributed by atoms with Crippen molar-refractivity contribution in [3.8, 4) is 0 Å². The molecule has 0 bridgehead atoms. The fourth-order valence-electron chi connectivity index (χ4n) is 2.37. The fraction of sp³-hybridized carbons (Fsp3) is 0.429. The van der Waals surface area contributed by atoms with Crippen molar-refractivity contribution in [2.24, 2.45) is 0 Å². The van der Waals surface area contributed by atoms with Crippen LogP contribution in [0.1, 0.15) is 23.2 Å². The molecule has 0 atom stereocenters. The molecule has 1 saturated heterocycles. The Hall–Kier alpha value is -1.82. The van der Waals surface area contributed by atoms with Crippen molar-refractivity contribution in [1.82, 2.24) is 4.81 Å². The molecule has 1 N–H and O–H groups in total. The average molecular weight is 273 g/mol. The number of hydrogen-bond donors (Lipinski definition) is 1. The van der Waals surface area contributed by atoms with Crippen LogP contribution in [0.5, 0.6) is 0 Å². The summed E-state index contributed by atoms with van der Waals surface area (Å²) in [7, 11) is 2.97. The highest BCUT2D eigenvalue weighted by Crippen LogP contribution is 2.17. The van der Waals surface area contributed by atoms with E-state index in [1.165, 1.54) is 7.11 Å². The lowest BCUT2D eigenvalue weighted by Gasteiger charge is -2.31. The molecule has 1 aliphatic rings. The third kappa shape index (κ3) is 3.84. The summed E-state index contributed by atoms with van der Waals surface area (Å²) >= 11 is 0. The number of carbonyl (C=O) groups excluding carboxylic acids is 2. The molecule has 0 unspecified atom stereocenters. The van der Waals surface area contributed by atoms with Gasteiger partial charge in [0.05, 0.1) is 18.9 Å². The maximum atomic E-state index is 11.5. The van der Waals surface area contributed by atoms with Gasteiger partial charge in [-0.25, -0.2) is 4.79 Å². The van der Waals surface area contributed by atoms with E-state index in [2.05, 4.69) is 5.32 Å². The Bertz CT molecular complexity index is 473. The van der Waals surface area contributed by atoms with Crippen LogP contribution < -0.4 is 5.32 Å². The van der Waals surface area contributed by atoms with E-state index in [9.17, 15) is 9.59 Å². The number of nitrogens with zero attached hydrogens (tertiary/aromatic N) is 1. The fourth-order valence-corrected chi connectivity index (χ4v) is 2.37. The van der Waals surface area contributed by atoms with E-state index in [-0.39, 0.29) is 5.97 Å². The van der Waals surface area contributed by atoms with Crippen LogP contribution in [0.3, 0.4) is 0 Å². The van der Waals surface area contributed by atoms with Gasteiger partial charge in [-0.1, -0.05) is 6.07 Å². The minimum absolute atomic E-state index is 0.330. The Labute approximate surface area is 119 Å². The summed E-state index contributed by atoms with van der Waals surface area (Å²) in [6.45, 7) is 1.74. The highest BCUT2D eigenvalue weighted by atomic mass is 16.5. The van der Waals surface area contributed by atoms with E-state index in [0.717, 1.165) is 37.8 Å². The van der Waals surface area contributed by atoms with Crippen molar-refractivity contribution in [3.63, 3.8) is 0 Å². The van der Waals surface area contributed by atoms with Crippen LogP contribution in [0.15, 0.2) is 24.3 Å². The zero-order chi connectivity index (χ0) is 14.4. The van der Waals surface area contributed by atoms with Gasteiger partial charge in [0.25, 0.3) is 7.41 Å². The minimum atomic E-state index is -0.330. The molecule has 6 heteroatoms. The quantitative estimate of drug-likeness (QED) is 0.495. The first-order chi connectivity index (χ1) is 9.72. The number of benzene rings is 1. The van der Waals surface area contributed by atoms with Gasteiger partial charge in [0.15, 0.2) is 0 Å². The summed E-state index contributed by atoms with van der Waals surface area (Å²) in [5, 5.41) is 3.43. The van der Waals surface area contributed by atoms with Gasteiger partial charge in [0.1, 0.15) is 0 Å². The van der Waals surface area contributed by atoms with Gasteiger partial charge < -0.3 is 19.7 Å².